The van der Waals surface area contributed by atoms with Crippen molar-refractivity contribution in [3.05, 3.63) is 39.7 Å². The monoisotopic (exact) mass is 272 g/mol. The van der Waals surface area contributed by atoms with E-state index in [1.165, 1.54) is 26.7 Å². The second-order valence-corrected chi connectivity index (χ2v) is 7.34. The molecule has 3 rings (SSSR count). The van der Waals surface area contributed by atoms with E-state index in [4.69, 9.17) is 10.7 Å². The number of benzene rings is 1. The van der Waals surface area contributed by atoms with Crippen molar-refractivity contribution in [3.63, 3.8) is 0 Å². The molecule has 0 saturated heterocycles. The third-order valence-electron chi connectivity index (χ3n) is 3.75. The van der Waals surface area contributed by atoms with Crippen LogP contribution in [0.1, 0.15) is 36.2 Å². The van der Waals surface area contributed by atoms with Crippen LogP contribution in [0.2, 0.25) is 0 Å². The maximum Gasteiger partial charge on any atom is 0.0950 e. The van der Waals surface area contributed by atoms with E-state index in [-0.39, 0.29) is 11.5 Å². The van der Waals surface area contributed by atoms with E-state index in [1.54, 1.807) is 0 Å². The number of hydrogen-bond acceptors (Lipinski definition) is 3. The largest absolute Gasteiger partial charge is 0.328 e. The number of rotatable bonds is 2. The van der Waals surface area contributed by atoms with Gasteiger partial charge in [0.2, 0.25) is 0 Å². The molecule has 2 nitrogen and oxygen atoms in total. The van der Waals surface area contributed by atoms with E-state index in [2.05, 4.69) is 38.1 Å². The smallest absolute Gasteiger partial charge is 0.0950 e. The molecule has 3 heteroatoms. The van der Waals surface area contributed by atoms with Crippen LogP contribution in [0.15, 0.2) is 24.3 Å². The summed E-state index contributed by atoms with van der Waals surface area (Å²) >= 11 is 1.84. The van der Waals surface area contributed by atoms with Crippen LogP contribution in [0.25, 0.3) is 11.3 Å². The molecule has 0 spiro atoms. The Kier molecular flexibility index (Phi) is 2.99. The van der Waals surface area contributed by atoms with Crippen molar-refractivity contribution >= 4 is 11.3 Å². The van der Waals surface area contributed by atoms with Crippen molar-refractivity contribution in [2.45, 2.75) is 45.1 Å². The molecule has 19 heavy (non-hydrogen) atoms. The molecule has 1 atom stereocenters. The molecule has 1 aromatic carbocycles. The van der Waals surface area contributed by atoms with Gasteiger partial charge in [-0.3, -0.25) is 0 Å². The molecule has 2 N–H and O–H groups in total. The Balaban J connectivity index is 2.12. The van der Waals surface area contributed by atoms with Crippen molar-refractivity contribution in [3.8, 4) is 11.3 Å². The average Bonchev–Trinajstić information content (AvgIpc) is 2.70. The molecule has 1 aliphatic rings. The molecule has 0 radical (unpaired) electrons. The zero-order valence-corrected chi connectivity index (χ0v) is 12.6. The molecule has 1 aromatic heterocycles. The highest BCUT2D eigenvalue weighted by atomic mass is 32.1. The lowest BCUT2D eigenvalue weighted by Gasteiger charge is -2.31. The van der Waals surface area contributed by atoms with Gasteiger partial charge in [-0.1, -0.05) is 38.1 Å². The Morgan fingerprint density at radius 1 is 1.37 bits per heavy atom. The molecule has 1 aliphatic carbocycles. The first-order chi connectivity index (χ1) is 8.97. The van der Waals surface area contributed by atoms with Crippen molar-refractivity contribution in [1.29, 1.82) is 0 Å². The van der Waals surface area contributed by atoms with Crippen LogP contribution in [0.3, 0.4) is 0 Å². The average molecular weight is 272 g/mol. The molecule has 0 bridgehead atoms. The number of nitrogens with two attached hydrogens (primary N) is 1. The Morgan fingerprint density at radius 3 is 2.84 bits per heavy atom. The van der Waals surface area contributed by atoms with Gasteiger partial charge in [-0.15, -0.1) is 11.3 Å². The maximum atomic E-state index is 5.90. The molecule has 0 amide bonds. The fraction of sp³-hybridized carbons (Fsp3) is 0.438. The van der Waals surface area contributed by atoms with Gasteiger partial charge in [0.1, 0.15) is 0 Å². The van der Waals surface area contributed by atoms with Gasteiger partial charge in [0.15, 0.2) is 0 Å². The lowest BCUT2D eigenvalue weighted by atomic mass is 9.74. The Labute approximate surface area is 118 Å². The van der Waals surface area contributed by atoms with E-state index in [0.29, 0.717) is 0 Å². The third kappa shape index (κ3) is 2.21. The van der Waals surface area contributed by atoms with Crippen LogP contribution >= 0.6 is 11.3 Å². The molecule has 0 aliphatic heterocycles. The van der Waals surface area contributed by atoms with Crippen molar-refractivity contribution < 1.29 is 0 Å². The predicted octanol–water partition coefficient (Wildman–Crippen LogP) is 3.53. The molecule has 1 heterocycles. The van der Waals surface area contributed by atoms with Gasteiger partial charge in [0.05, 0.1) is 10.7 Å². The predicted molar refractivity (Wildman–Crippen MR) is 81.6 cm³/mol. The highest BCUT2D eigenvalue weighted by Gasteiger charge is 2.33. The van der Waals surface area contributed by atoms with Gasteiger partial charge in [-0.2, -0.15) is 0 Å². The summed E-state index contributed by atoms with van der Waals surface area (Å²) in [4.78, 5) is 6.25. The second-order valence-electron chi connectivity index (χ2n) is 6.17. The normalized spacial score (nSPS) is 17.7. The van der Waals surface area contributed by atoms with Crippen molar-refractivity contribution in [2.75, 3.05) is 0 Å². The van der Waals surface area contributed by atoms with E-state index in [0.717, 1.165) is 12.8 Å². The standard InChI is InChI=1S/C16H20N2S/c1-10(17)8-14-18-15-11-6-4-5-7-12(11)16(2,3)9-13(15)19-14/h4-7,10H,8-9,17H2,1-3H3. The minimum atomic E-state index is 0.177. The SMILES string of the molecule is CC(N)Cc1nc2c(s1)CC(C)(C)c1ccccc1-2. The summed E-state index contributed by atoms with van der Waals surface area (Å²) in [5, 5.41) is 1.17. The highest BCUT2D eigenvalue weighted by molar-refractivity contribution is 7.12. The lowest BCUT2D eigenvalue weighted by Crippen LogP contribution is -2.24. The zero-order valence-electron chi connectivity index (χ0n) is 11.7. The van der Waals surface area contributed by atoms with Gasteiger partial charge in [0.25, 0.3) is 0 Å². The van der Waals surface area contributed by atoms with Crippen molar-refractivity contribution in [1.82, 2.24) is 4.98 Å². The number of hydrogen-bond donors (Lipinski definition) is 1. The van der Waals surface area contributed by atoms with Crippen LogP contribution < -0.4 is 5.73 Å². The number of fused-ring (bicyclic) bond motifs is 3. The molecule has 0 fully saturated rings. The quantitative estimate of drug-likeness (QED) is 0.908. The first-order valence-electron chi connectivity index (χ1n) is 6.81. The van der Waals surface area contributed by atoms with Crippen LogP contribution in [0, 0.1) is 0 Å². The van der Waals surface area contributed by atoms with Crippen LogP contribution in [-0.4, -0.2) is 11.0 Å². The first kappa shape index (κ1) is 12.8. The second kappa shape index (κ2) is 4.43. The summed E-state index contributed by atoms with van der Waals surface area (Å²) in [7, 11) is 0. The summed E-state index contributed by atoms with van der Waals surface area (Å²) in [6, 6.07) is 8.85. The summed E-state index contributed by atoms with van der Waals surface area (Å²) in [6.45, 7) is 6.68. The summed E-state index contributed by atoms with van der Waals surface area (Å²) in [5.74, 6) is 0. The van der Waals surface area contributed by atoms with Gasteiger partial charge in [-0.25, -0.2) is 4.98 Å². The van der Waals surface area contributed by atoms with Crippen LogP contribution in [-0.2, 0) is 18.3 Å². The van der Waals surface area contributed by atoms with E-state index >= 15 is 0 Å². The minimum Gasteiger partial charge on any atom is -0.328 e. The van der Waals surface area contributed by atoms with Gasteiger partial charge in [-0.05, 0) is 24.3 Å². The van der Waals surface area contributed by atoms with Gasteiger partial charge < -0.3 is 5.73 Å². The van der Waals surface area contributed by atoms with E-state index in [9.17, 15) is 0 Å². The fourth-order valence-electron chi connectivity index (χ4n) is 2.87. The van der Waals surface area contributed by atoms with Crippen molar-refractivity contribution in [2.24, 2.45) is 5.73 Å². The summed E-state index contributed by atoms with van der Waals surface area (Å²) < 4.78 is 0. The number of nitrogens with zero attached hydrogens (tertiary/aromatic N) is 1. The van der Waals surface area contributed by atoms with Crippen LogP contribution in [0.5, 0.6) is 0 Å². The molecule has 1 unspecified atom stereocenters. The van der Waals surface area contributed by atoms with Gasteiger partial charge >= 0.3 is 0 Å². The zero-order chi connectivity index (χ0) is 13.6. The third-order valence-corrected chi connectivity index (χ3v) is 4.83. The fourth-order valence-corrected chi connectivity index (χ4v) is 4.32. The Hall–Kier alpha value is -1.19. The number of aromatic nitrogens is 1. The summed E-state index contributed by atoms with van der Waals surface area (Å²) in [6.07, 6.45) is 1.95. The molecule has 0 saturated carbocycles. The first-order valence-corrected chi connectivity index (χ1v) is 7.63. The lowest BCUT2D eigenvalue weighted by molar-refractivity contribution is 0.521. The summed E-state index contributed by atoms with van der Waals surface area (Å²) in [5.41, 5.74) is 10.0. The van der Waals surface area contributed by atoms with E-state index < -0.39 is 0 Å². The van der Waals surface area contributed by atoms with E-state index in [1.807, 2.05) is 18.3 Å². The van der Waals surface area contributed by atoms with Gasteiger partial charge in [0, 0.05) is 22.9 Å². The minimum absolute atomic E-state index is 0.177. The van der Waals surface area contributed by atoms with Crippen LogP contribution in [0.4, 0.5) is 0 Å². The molecule has 100 valence electrons. The molecular formula is C16H20N2S. The highest BCUT2D eigenvalue weighted by Crippen LogP contribution is 2.44. The molecule has 2 aromatic rings. The Morgan fingerprint density at radius 2 is 2.11 bits per heavy atom. The molecular weight excluding hydrogens is 252 g/mol. The topological polar surface area (TPSA) is 38.9 Å². The Bertz CT molecular complexity index is 611. The maximum absolute atomic E-state index is 5.90. The number of thiazole rings is 1.